The van der Waals surface area contributed by atoms with E-state index in [0.29, 0.717) is 12.1 Å². The Morgan fingerprint density at radius 2 is 1.65 bits per heavy atom. The number of unbranched alkanes of at least 4 members (excludes halogenated alkanes) is 5. The summed E-state index contributed by atoms with van der Waals surface area (Å²) in [5, 5.41) is 0. The Labute approximate surface area is 125 Å². The van der Waals surface area contributed by atoms with E-state index in [1.165, 1.54) is 38.2 Å². The van der Waals surface area contributed by atoms with E-state index in [-0.39, 0.29) is 5.97 Å². The topological polar surface area (TPSA) is 44.8 Å². The minimum Gasteiger partial charge on any atom is -0.463 e. The lowest BCUT2D eigenvalue weighted by Crippen LogP contribution is -2.24. The maximum atomic E-state index is 10.8. The van der Waals surface area contributed by atoms with Crippen molar-refractivity contribution in [3.8, 4) is 0 Å². The summed E-state index contributed by atoms with van der Waals surface area (Å²) < 4.78 is 15.7. The molecule has 4 nitrogen and oxygen atoms in total. The quantitative estimate of drug-likeness (QED) is 0.226. The fraction of sp³-hybridized carbons (Fsp3) is 0.800. The number of ether oxygens (including phenoxy) is 1. The first-order chi connectivity index (χ1) is 9.65. The van der Waals surface area contributed by atoms with Crippen LogP contribution >= 0.6 is 0 Å². The number of hydrogen-bond donors (Lipinski definition) is 0. The highest BCUT2D eigenvalue weighted by molar-refractivity contribution is 6.46. The average molecular weight is 302 g/mol. The van der Waals surface area contributed by atoms with Crippen molar-refractivity contribution < 1.29 is 18.4 Å². The molecule has 0 fully saturated rings. The Morgan fingerprint density at radius 3 is 2.20 bits per heavy atom. The first-order valence-electron chi connectivity index (χ1n) is 7.50. The lowest BCUT2D eigenvalue weighted by molar-refractivity contribution is -0.137. The summed E-state index contributed by atoms with van der Waals surface area (Å²) in [5.41, 5.74) is 0.573. The zero-order chi connectivity index (χ0) is 15.2. The van der Waals surface area contributed by atoms with E-state index < -0.39 is 9.28 Å². The largest absolute Gasteiger partial charge is 0.463 e. The van der Waals surface area contributed by atoms with Gasteiger partial charge in [-0.1, -0.05) is 45.6 Å². The number of hydrogen-bond acceptors (Lipinski definition) is 4. The van der Waals surface area contributed by atoms with Crippen LogP contribution in [0, 0.1) is 0 Å². The van der Waals surface area contributed by atoms with Crippen molar-refractivity contribution in [3.05, 3.63) is 12.7 Å². The Balaban J connectivity index is 3.32. The first kappa shape index (κ1) is 19.3. The second-order valence-corrected chi connectivity index (χ2v) is 7.92. The zero-order valence-electron chi connectivity index (χ0n) is 13.2. The maximum Gasteiger partial charge on any atom is 0.330 e. The van der Waals surface area contributed by atoms with E-state index in [2.05, 4.69) is 13.5 Å². The molecule has 1 atom stereocenters. The molecule has 0 radical (unpaired) electrons. The molecule has 0 aromatic carbocycles. The molecule has 118 valence electrons. The van der Waals surface area contributed by atoms with Gasteiger partial charge in [-0.25, -0.2) is 4.79 Å². The minimum atomic E-state index is -1.43. The third-order valence-electron chi connectivity index (χ3n) is 3.39. The summed E-state index contributed by atoms with van der Waals surface area (Å²) in [4.78, 5) is 10.8. The normalized spacial score (nSPS) is 12.4. The molecule has 0 aliphatic rings. The highest BCUT2D eigenvalue weighted by atomic mass is 28.3. The van der Waals surface area contributed by atoms with Crippen molar-refractivity contribution in [3.63, 3.8) is 0 Å². The molecule has 20 heavy (non-hydrogen) atoms. The lowest BCUT2D eigenvalue weighted by Gasteiger charge is -2.18. The van der Waals surface area contributed by atoms with E-state index in [9.17, 15) is 4.79 Å². The predicted molar refractivity (Wildman–Crippen MR) is 84.1 cm³/mol. The van der Waals surface area contributed by atoms with E-state index in [1.54, 1.807) is 14.2 Å². The highest BCUT2D eigenvalue weighted by Crippen LogP contribution is 2.19. The molecule has 5 heteroatoms. The first-order valence-corrected chi connectivity index (χ1v) is 9.11. The standard InChI is InChI=1S/C15H30O4Si/c1-5-15(16)19-13-11-9-7-6-8-10-12-14(2)20(17-3)18-4/h5,14,20H,1,6-13H2,2-4H3. The fourth-order valence-corrected chi connectivity index (χ4v) is 3.83. The van der Waals surface area contributed by atoms with Gasteiger partial charge in [-0.15, -0.1) is 0 Å². The average Bonchev–Trinajstić information content (AvgIpc) is 2.46. The van der Waals surface area contributed by atoms with Gasteiger partial charge in [0.25, 0.3) is 0 Å². The number of esters is 1. The highest BCUT2D eigenvalue weighted by Gasteiger charge is 2.18. The smallest absolute Gasteiger partial charge is 0.330 e. The Bertz CT molecular complexity index is 254. The van der Waals surface area contributed by atoms with Crippen LogP contribution < -0.4 is 0 Å². The molecular weight excluding hydrogens is 272 g/mol. The fourth-order valence-electron chi connectivity index (χ4n) is 2.20. The van der Waals surface area contributed by atoms with Crippen molar-refractivity contribution in [2.45, 2.75) is 57.4 Å². The van der Waals surface area contributed by atoms with Crippen LogP contribution in [0.4, 0.5) is 0 Å². The van der Waals surface area contributed by atoms with Crippen LogP contribution in [-0.2, 0) is 18.4 Å². The predicted octanol–water partition coefficient (Wildman–Crippen LogP) is 3.35. The number of carbonyl (C=O) groups is 1. The lowest BCUT2D eigenvalue weighted by atomic mass is 10.1. The van der Waals surface area contributed by atoms with Gasteiger partial charge < -0.3 is 13.6 Å². The Kier molecular flexibility index (Phi) is 12.9. The van der Waals surface area contributed by atoms with E-state index in [1.807, 2.05) is 0 Å². The molecule has 0 amide bonds. The van der Waals surface area contributed by atoms with Crippen LogP contribution in [-0.4, -0.2) is 36.1 Å². The summed E-state index contributed by atoms with van der Waals surface area (Å²) in [7, 11) is 2.06. The SMILES string of the molecule is C=CC(=O)OCCCCCCCCC(C)[SiH](OC)OC. The van der Waals surface area contributed by atoms with Gasteiger partial charge in [0.05, 0.1) is 6.61 Å². The molecule has 0 aliphatic heterocycles. The molecular formula is C15H30O4Si. The van der Waals surface area contributed by atoms with E-state index in [4.69, 9.17) is 13.6 Å². The number of rotatable bonds is 13. The minimum absolute atomic E-state index is 0.325. The molecule has 0 rings (SSSR count). The molecule has 0 aromatic rings. The van der Waals surface area contributed by atoms with Gasteiger partial charge in [-0.05, 0) is 18.4 Å². The molecule has 1 unspecified atom stereocenters. The zero-order valence-corrected chi connectivity index (χ0v) is 14.4. The van der Waals surface area contributed by atoms with Crippen LogP contribution in [0.15, 0.2) is 12.7 Å². The van der Waals surface area contributed by atoms with Gasteiger partial charge in [0.1, 0.15) is 0 Å². The van der Waals surface area contributed by atoms with Crippen LogP contribution in [0.25, 0.3) is 0 Å². The molecule has 0 saturated heterocycles. The monoisotopic (exact) mass is 302 g/mol. The van der Waals surface area contributed by atoms with Crippen LogP contribution in [0.1, 0.15) is 51.9 Å². The van der Waals surface area contributed by atoms with E-state index >= 15 is 0 Å². The van der Waals surface area contributed by atoms with Gasteiger partial charge in [0, 0.05) is 20.3 Å². The van der Waals surface area contributed by atoms with E-state index in [0.717, 1.165) is 12.8 Å². The van der Waals surface area contributed by atoms with Crippen molar-refractivity contribution in [2.75, 3.05) is 20.8 Å². The summed E-state index contributed by atoms with van der Waals surface area (Å²) in [6.45, 7) is 6.09. The third-order valence-corrected chi connectivity index (χ3v) is 5.59. The van der Waals surface area contributed by atoms with Gasteiger partial charge in [0.15, 0.2) is 0 Å². The summed E-state index contributed by atoms with van der Waals surface area (Å²) >= 11 is 0. The van der Waals surface area contributed by atoms with Crippen LogP contribution in [0.5, 0.6) is 0 Å². The summed E-state index contributed by atoms with van der Waals surface area (Å²) in [6.07, 6.45) is 9.40. The van der Waals surface area contributed by atoms with Gasteiger partial charge in [-0.3, -0.25) is 0 Å². The van der Waals surface area contributed by atoms with Crippen LogP contribution in [0.3, 0.4) is 0 Å². The Hall–Kier alpha value is -0.653. The molecule has 0 heterocycles. The van der Waals surface area contributed by atoms with Crippen molar-refractivity contribution in [1.82, 2.24) is 0 Å². The molecule has 0 saturated carbocycles. The second-order valence-electron chi connectivity index (χ2n) is 5.10. The van der Waals surface area contributed by atoms with Gasteiger partial charge >= 0.3 is 15.3 Å². The molecule has 0 spiro atoms. The molecule has 0 aliphatic carbocycles. The summed E-state index contributed by atoms with van der Waals surface area (Å²) in [6, 6.07) is 0. The number of carbonyl (C=O) groups excluding carboxylic acids is 1. The molecule has 0 aromatic heterocycles. The Morgan fingerprint density at radius 1 is 1.10 bits per heavy atom. The maximum absolute atomic E-state index is 10.8. The van der Waals surface area contributed by atoms with Crippen LogP contribution in [0.2, 0.25) is 5.54 Å². The van der Waals surface area contributed by atoms with Gasteiger partial charge in [0.2, 0.25) is 0 Å². The second kappa shape index (κ2) is 13.3. The van der Waals surface area contributed by atoms with Crippen molar-refractivity contribution in [1.29, 1.82) is 0 Å². The molecule has 0 N–H and O–H groups in total. The third kappa shape index (κ3) is 10.2. The molecule has 0 bridgehead atoms. The summed E-state index contributed by atoms with van der Waals surface area (Å²) in [5.74, 6) is -0.325. The van der Waals surface area contributed by atoms with Crippen molar-refractivity contribution >= 4 is 15.3 Å². The van der Waals surface area contributed by atoms with Crippen molar-refractivity contribution in [2.24, 2.45) is 0 Å². The van der Waals surface area contributed by atoms with Gasteiger partial charge in [-0.2, -0.15) is 0 Å².